The van der Waals surface area contributed by atoms with E-state index < -0.39 is 0 Å². The van der Waals surface area contributed by atoms with Gasteiger partial charge in [0, 0.05) is 17.1 Å². The van der Waals surface area contributed by atoms with Crippen LogP contribution in [0.4, 0.5) is 4.39 Å². The number of nitrogens with zero attached hydrogens (tertiary/aromatic N) is 2. The molecule has 0 bridgehead atoms. The summed E-state index contributed by atoms with van der Waals surface area (Å²) < 4.78 is 21.4. The predicted octanol–water partition coefficient (Wildman–Crippen LogP) is 3.77. The van der Waals surface area contributed by atoms with Gasteiger partial charge in [-0.15, -0.1) is 0 Å². The smallest absolute Gasteiger partial charge is 0.130 e. The Balaban J connectivity index is 2.04. The summed E-state index contributed by atoms with van der Waals surface area (Å²) in [6.45, 7) is 3.40. The van der Waals surface area contributed by atoms with E-state index in [0.29, 0.717) is 16.8 Å². The minimum atomic E-state index is -0.318. The fraction of sp³-hybridized carbons (Fsp3) is 0.308. The van der Waals surface area contributed by atoms with Crippen molar-refractivity contribution >= 4 is 15.9 Å². The summed E-state index contributed by atoms with van der Waals surface area (Å²) in [5.74, 6) is 0.188. The molecule has 0 radical (unpaired) electrons. The number of ether oxygens (including phenoxy) is 1. The molecule has 96 valence electrons. The Kier molecular flexibility index (Phi) is 4.36. The van der Waals surface area contributed by atoms with E-state index >= 15 is 0 Å². The molecule has 18 heavy (non-hydrogen) atoms. The van der Waals surface area contributed by atoms with Crippen molar-refractivity contribution < 1.29 is 9.13 Å². The molecule has 2 rings (SSSR count). The highest BCUT2D eigenvalue weighted by Crippen LogP contribution is 2.21. The van der Waals surface area contributed by atoms with E-state index in [1.807, 2.05) is 4.57 Å². The van der Waals surface area contributed by atoms with Crippen LogP contribution in [0, 0.1) is 5.82 Å². The fourth-order valence-corrected chi connectivity index (χ4v) is 2.12. The average Bonchev–Trinajstić information content (AvgIpc) is 2.73. The maximum Gasteiger partial charge on any atom is 0.130 e. The first-order valence-electron chi connectivity index (χ1n) is 5.77. The third kappa shape index (κ3) is 3.32. The van der Waals surface area contributed by atoms with Crippen molar-refractivity contribution in [3.8, 4) is 5.75 Å². The maximum absolute atomic E-state index is 13.2. The summed E-state index contributed by atoms with van der Waals surface area (Å²) in [7, 11) is 0. The number of hydrogen-bond donors (Lipinski definition) is 0. The molecule has 0 saturated carbocycles. The Morgan fingerprint density at radius 2 is 2.22 bits per heavy atom. The number of aryl methyl sites for hydroxylation is 1. The van der Waals surface area contributed by atoms with Gasteiger partial charge in [0.05, 0.1) is 18.2 Å². The fourth-order valence-electron chi connectivity index (χ4n) is 1.68. The lowest BCUT2D eigenvalue weighted by Gasteiger charge is -2.09. The monoisotopic (exact) mass is 312 g/mol. The molecule has 0 N–H and O–H groups in total. The summed E-state index contributed by atoms with van der Waals surface area (Å²) in [4.78, 5) is 4.09. The molecule has 3 nitrogen and oxygen atoms in total. The zero-order valence-electron chi connectivity index (χ0n) is 10.1. The first kappa shape index (κ1) is 13.1. The molecule has 0 saturated heterocycles. The summed E-state index contributed by atoms with van der Waals surface area (Å²) in [6.07, 6.45) is 4.59. The molecular weight excluding hydrogens is 299 g/mol. The first-order chi connectivity index (χ1) is 8.69. The van der Waals surface area contributed by atoms with Gasteiger partial charge in [-0.05, 0) is 18.6 Å². The molecular formula is C13H14BrFN2O. The second kappa shape index (κ2) is 6.00. The Labute approximate surface area is 114 Å². The second-order valence-electron chi connectivity index (χ2n) is 3.97. The number of imidazole rings is 1. The van der Waals surface area contributed by atoms with E-state index in [1.165, 1.54) is 12.1 Å². The lowest BCUT2D eigenvalue weighted by molar-refractivity contribution is 0.293. The lowest BCUT2D eigenvalue weighted by Crippen LogP contribution is -2.05. The summed E-state index contributed by atoms with van der Waals surface area (Å²) in [6, 6.07) is 4.50. The highest BCUT2D eigenvalue weighted by atomic mass is 79.9. The van der Waals surface area contributed by atoms with Crippen molar-refractivity contribution in [3.05, 3.63) is 46.7 Å². The van der Waals surface area contributed by atoms with Crippen molar-refractivity contribution in [1.29, 1.82) is 0 Å². The van der Waals surface area contributed by atoms with Gasteiger partial charge in [-0.3, -0.25) is 0 Å². The molecule has 0 aliphatic rings. The largest absolute Gasteiger partial charge is 0.487 e. The quantitative estimate of drug-likeness (QED) is 0.840. The van der Waals surface area contributed by atoms with E-state index in [2.05, 4.69) is 27.8 Å². The van der Waals surface area contributed by atoms with Gasteiger partial charge >= 0.3 is 0 Å². The summed E-state index contributed by atoms with van der Waals surface area (Å²) in [5.41, 5.74) is 0.984. The van der Waals surface area contributed by atoms with Crippen LogP contribution >= 0.6 is 15.9 Å². The highest BCUT2D eigenvalue weighted by molar-refractivity contribution is 9.10. The maximum atomic E-state index is 13.2. The van der Waals surface area contributed by atoms with Crippen molar-refractivity contribution in [2.24, 2.45) is 0 Å². The molecule has 1 aromatic heterocycles. The molecule has 2 aromatic rings. The summed E-state index contributed by atoms with van der Waals surface area (Å²) in [5, 5.41) is 0. The van der Waals surface area contributed by atoms with Gasteiger partial charge in [-0.1, -0.05) is 22.9 Å². The van der Waals surface area contributed by atoms with Crippen LogP contribution in [-0.4, -0.2) is 9.55 Å². The van der Waals surface area contributed by atoms with Gasteiger partial charge in [0.25, 0.3) is 0 Å². The molecule has 0 unspecified atom stereocenters. The molecule has 0 amide bonds. The minimum Gasteiger partial charge on any atom is -0.487 e. The Hall–Kier alpha value is -1.36. The van der Waals surface area contributed by atoms with E-state index in [9.17, 15) is 4.39 Å². The Bertz CT molecular complexity index is 507. The zero-order chi connectivity index (χ0) is 13.0. The van der Waals surface area contributed by atoms with Crippen LogP contribution in [0.2, 0.25) is 0 Å². The molecule has 5 heteroatoms. The van der Waals surface area contributed by atoms with Gasteiger partial charge in [0.2, 0.25) is 0 Å². The van der Waals surface area contributed by atoms with Crippen molar-refractivity contribution in [2.75, 3.05) is 0 Å². The number of benzene rings is 1. The van der Waals surface area contributed by atoms with Crippen molar-refractivity contribution in [3.63, 3.8) is 0 Å². The molecule has 0 spiro atoms. The van der Waals surface area contributed by atoms with Crippen LogP contribution in [0.15, 0.2) is 35.2 Å². The predicted molar refractivity (Wildman–Crippen MR) is 71.0 cm³/mol. The van der Waals surface area contributed by atoms with Crippen LogP contribution in [0.3, 0.4) is 0 Å². The molecule has 0 atom stereocenters. The van der Waals surface area contributed by atoms with E-state index in [4.69, 9.17) is 4.74 Å². The summed E-state index contributed by atoms with van der Waals surface area (Å²) >= 11 is 3.23. The molecule has 0 fully saturated rings. The van der Waals surface area contributed by atoms with Gasteiger partial charge in [-0.25, -0.2) is 9.37 Å². The Morgan fingerprint density at radius 3 is 2.94 bits per heavy atom. The van der Waals surface area contributed by atoms with Gasteiger partial charge in [-0.2, -0.15) is 0 Å². The third-order valence-corrected chi connectivity index (χ3v) is 2.94. The number of hydrogen-bond acceptors (Lipinski definition) is 2. The molecule has 0 aliphatic heterocycles. The van der Waals surface area contributed by atoms with Gasteiger partial charge in [0.15, 0.2) is 0 Å². The molecule has 0 aliphatic carbocycles. The standard InChI is InChI=1S/C13H14BrFN2O/c1-2-3-17-9-16-7-12(17)8-18-13-5-10(14)4-11(15)6-13/h4-7,9H,2-3,8H2,1H3. The van der Waals surface area contributed by atoms with E-state index in [0.717, 1.165) is 18.7 Å². The normalized spacial score (nSPS) is 10.6. The van der Waals surface area contributed by atoms with Crippen LogP contribution < -0.4 is 4.74 Å². The van der Waals surface area contributed by atoms with Crippen LogP contribution in [-0.2, 0) is 13.2 Å². The SMILES string of the molecule is CCCn1cncc1COc1cc(F)cc(Br)c1. The molecule has 1 aromatic carbocycles. The topological polar surface area (TPSA) is 27.1 Å². The van der Waals surface area contributed by atoms with Gasteiger partial charge < -0.3 is 9.30 Å². The van der Waals surface area contributed by atoms with Crippen LogP contribution in [0.25, 0.3) is 0 Å². The first-order valence-corrected chi connectivity index (χ1v) is 6.56. The van der Waals surface area contributed by atoms with Crippen LogP contribution in [0.5, 0.6) is 5.75 Å². The van der Waals surface area contributed by atoms with Crippen molar-refractivity contribution in [1.82, 2.24) is 9.55 Å². The van der Waals surface area contributed by atoms with E-state index in [1.54, 1.807) is 18.6 Å². The average molecular weight is 313 g/mol. The number of halogens is 2. The number of aromatic nitrogens is 2. The van der Waals surface area contributed by atoms with Gasteiger partial charge in [0.1, 0.15) is 18.2 Å². The van der Waals surface area contributed by atoms with Crippen LogP contribution in [0.1, 0.15) is 19.0 Å². The number of rotatable bonds is 5. The highest BCUT2D eigenvalue weighted by Gasteiger charge is 2.04. The van der Waals surface area contributed by atoms with E-state index in [-0.39, 0.29) is 5.82 Å². The zero-order valence-corrected chi connectivity index (χ0v) is 11.7. The lowest BCUT2D eigenvalue weighted by atomic mass is 10.3. The molecule has 1 heterocycles. The third-order valence-electron chi connectivity index (χ3n) is 2.49. The second-order valence-corrected chi connectivity index (χ2v) is 4.89. The Morgan fingerprint density at radius 1 is 1.39 bits per heavy atom. The minimum absolute atomic E-state index is 0.318. The van der Waals surface area contributed by atoms with Crippen molar-refractivity contribution in [2.45, 2.75) is 26.5 Å².